The summed E-state index contributed by atoms with van der Waals surface area (Å²) in [5.41, 5.74) is 6.93. The molecule has 0 aliphatic carbocycles. The Morgan fingerprint density at radius 1 is 1.09 bits per heavy atom. The molecule has 2 aromatic carbocycles. The van der Waals surface area contributed by atoms with E-state index in [0.29, 0.717) is 38.8 Å². The molecule has 1 aromatic heterocycles. The van der Waals surface area contributed by atoms with Crippen molar-refractivity contribution in [3.05, 3.63) is 58.4 Å². The number of ether oxygens (including phenoxy) is 1. The first kappa shape index (κ1) is 14.7. The first-order valence-corrected chi connectivity index (χ1v) is 7.14. The topological polar surface area (TPSA) is 74.2 Å². The van der Waals surface area contributed by atoms with Gasteiger partial charge in [-0.25, -0.2) is 0 Å². The van der Waals surface area contributed by atoms with Crippen molar-refractivity contribution in [2.45, 2.75) is 6.61 Å². The maximum Gasteiger partial charge on any atom is 0.264 e. The Morgan fingerprint density at radius 2 is 1.86 bits per heavy atom. The zero-order chi connectivity index (χ0) is 15.5. The number of aromatic nitrogens is 2. The molecule has 0 saturated carbocycles. The van der Waals surface area contributed by atoms with Gasteiger partial charge in [-0.2, -0.15) is 4.98 Å². The van der Waals surface area contributed by atoms with Crippen molar-refractivity contribution in [2.75, 3.05) is 5.73 Å². The summed E-state index contributed by atoms with van der Waals surface area (Å²) in [4.78, 5) is 4.25. The molecule has 0 saturated heterocycles. The molecule has 0 aliphatic heterocycles. The molecule has 0 spiro atoms. The number of hydrogen-bond donors (Lipinski definition) is 1. The van der Waals surface area contributed by atoms with Crippen LogP contribution in [0.25, 0.3) is 11.4 Å². The maximum atomic E-state index is 6.11. The highest BCUT2D eigenvalue weighted by Gasteiger charge is 2.12. The van der Waals surface area contributed by atoms with E-state index in [2.05, 4.69) is 10.1 Å². The number of nitrogen functional groups attached to an aromatic ring is 1. The Labute approximate surface area is 136 Å². The Hall–Kier alpha value is -2.24. The third kappa shape index (κ3) is 3.32. The highest BCUT2D eigenvalue weighted by Crippen LogP contribution is 2.28. The largest absolute Gasteiger partial charge is 0.484 e. The molecule has 2 N–H and O–H groups in total. The lowest BCUT2D eigenvalue weighted by Crippen LogP contribution is -1.96. The number of rotatable bonds is 4. The average Bonchev–Trinajstić information content (AvgIpc) is 2.95. The maximum absolute atomic E-state index is 6.11. The fraction of sp³-hybridized carbons (Fsp3) is 0.0667. The van der Waals surface area contributed by atoms with Crippen molar-refractivity contribution in [1.29, 1.82) is 0 Å². The predicted molar refractivity (Wildman–Crippen MR) is 84.9 cm³/mol. The van der Waals surface area contributed by atoms with Gasteiger partial charge >= 0.3 is 0 Å². The van der Waals surface area contributed by atoms with E-state index in [1.165, 1.54) is 0 Å². The molecule has 0 amide bonds. The van der Waals surface area contributed by atoms with Crippen LogP contribution in [0.4, 0.5) is 5.69 Å². The summed E-state index contributed by atoms with van der Waals surface area (Å²) in [6, 6.07) is 12.1. The number of hydrogen-bond acceptors (Lipinski definition) is 5. The van der Waals surface area contributed by atoms with Crippen molar-refractivity contribution >= 4 is 28.9 Å². The second kappa shape index (κ2) is 6.25. The second-order valence-corrected chi connectivity index (χ2v) is 5.34. The minimum absolute atomic E-state index is 0.155. The van der Waals surface area contributed by atoms with Gasteiger partial charge < -0.3 is 15.0 Å². The van der Waals surface area contributed by atoms with Crippen molar-refractivity contribution in [2.24, 2.45) is 0 Å². The summed E-state index contributed by atoms with van der Waals surface area (Å²) in [7, 11) is 0. The third-order valence-corrected chi connectivity index (χ3v) is 3.43. The number of nitrogens with two attached hydrogens (primary N) is 1. The van der Waals surface area contributed by atoms with Crippen LogP contribution < -0.4 is 10.5 Å². The van der Waals surface area contributed by atoms with E-state index in [0.717, 1.165) is 0 Å². The van der Waals surface area contributed by atoms with Crippen molar-refractivity contribution in [3.8, 4) is 17.1 Å². The number of halogens is 2. The summed E-state index contributed by atoms with van der Waals surface area (Å²) < 4.78 is 10.7. The highest BCUT2D eigenvalue weighted by molar-refractivity contribution is 6.36. The molecule has 0 unspecified atom stereocenters. The summed E-state index contributed by atoms with van der Waals surface area (Å²) in [6.07, 6.45) is 0. The first-order valence-electron chi connectivity index (χ1n) is 6.38. The highest BCUT2D eigenvalue weighted by atomic mass is 35.5. The number of nitrogens with zero attached hydrogens (tertiary/aromatic N) is 2. The number of anilines is 1. The van der Waals surface area contributed by atoms with Gasteiger partial charge in [0.15, 0.2) is 6.61 Å². The van der Waals surface area contributed by atoms with Crippen molar-refractivity contribution in [1.82, 2.24) is 10.1 Å². The molecule has 3 rings (SSSR count). The van der Waals surface area contributed by atoms with Gasteiger partial charge in [0.1, 0.15) is 5.75 Å². The molecule has 5 nitrogen and oxygen atoms in total. The molecule has 0 fully saturated rings. The average molecular weight is 336 g/mol. The van der Waals surface area contributed by atoms with Gasteiger partial charge in [-0.3, -0.25) is 0 Å². The molecule has 0 atom stereocenters. The van der Waals surface area contributed by atoms with Gasteiger partial charge in [-0.05, 0) is 42.5 Å². The van der Waals surface area contributed by atoms with Gasteiger partial charge in [-0.15, -0.1) is 0 Å². The van der Waals surface area contributed by atoms with Gasteiger partial charge in [0.05, 0.1) is 5.02 Å². The summed E-state index contributed by atoms with van der Waals surface area (Å²) in [5.74, 6) is 1.40. The van der Waals surface area contributed by atoms with Crippen LogP contribution in [0.1, 0.15) is 5.89 Å². The monoisotopic (exact) mass is 335 g/mol. The first-order chi connectivity index (χ1) is 10.6. The van der Waals surface area contributed by atoms with Crippen LogP contribution >= 0.6 is 23.2 Å². The van der Waals surface area contributed by atoms with E-state index in [4.69, 9.17) is 38.2 Å². The predicted octanol–water partition coefficient (Wildman–Crippen LogP) is 4.20. The van der Waals surface area contributed by atoms with Gasteiger partial charge in [-0.1, -0.05) is 28.4 Å². The summed E-state index contributed by atoms with van der Waals surface area (Å²) >= 11 is 12.0. The molecular formula is C15H11Cl2N3O2. The SMILES string of the molecule is Nc1ccc(OCc2nc(-c3ccc(Cl)cc3Cl)no2)cc1. The smallest absolute Gasteiger partial charge is 0.264 e. The quantitative estimate of drug-likeness (QED) is 0.723. The number of benzene rings is 2. The van der Waals surface area contributed by atoms with Crippen LogP contribution in [0.3, 0.4) is 0 Å². The van der Waals surface area contributed by atoms with Crippen LogP contribution in [0.5, 0.6) is 5.75 Å². The molecule has 0 radical (unpaired) electrons. The third-order valence-electron chi connectivity index (χ3n) is 2.88. The standard InChI is InChI=1S/C15H11Cl2N3O2/c16-9-1-6-12(13(17)7-9)15-19-14(22-20-15)8-21-11-4-2-10(18)3-5-11/h1-7H,8,18H2. The Balaban J connectivity index is 1.72. The van der Waals surface area contributed by atoms with Crippen molar-refractivity contribution in [3.63, 3.8) is 0 Å². The van der Waals surface area contributed by atoms with Gasteiger partial charge in [0, 0.05) is 16.3 Å². The molecule has 0 bridgehead atoms. The molecule has 22 heavy (non-hydrogen) atoms. The van der Waals surface area contributed by atoms with E-state index in [1.54, 1.807) is 42.5 Å². The lowest BCUT2D eigenvalue weighted by molar-refractivity contribution is 0.243. The minimum atomic E-state index is 0.155. The lowest BCUT2D eigenvalue weighted by Gasteiger charge is -2.02. The minimum Gasteiger partial charge on any atom is -0.484 e. The van der Waals surface area contributed by atoms with E-state index >= 15 is 0 Å². The summed E-state index contributed by atoms with van der Waals surface area (Å²) in [6.45, 7) is 0.155. The van der Waals surface area contributed by atoms with Crippen LogP contribution in [0.15, 0.2) is 47.0 Å². The Kier molecular flexibility index (Phi) is 4.18. The van der Waals surface area contributed by atoms with Crippen molar-refractivity contribution < 1.29 is 9.26 Å². The molecule has 7 heteroatoms. The van der Waals surface area contributed by atoms with Crippen LogP contribution in [-0.2, 0) is 6.61 Å². The van der Waals surface area contributed by atoms with Crippen LogP contribution in [0, 0.1) is 0 Å². The molecular weight excluding hydrogens is 325 g/mol. The van der Waals surface area contributed by atoms with E-state index in [9.17, 15) is 0 Å². The second-order valence-electron chi connectivity index (χ2n) is 4.49. The van der Waals surface area contributed by atoms with Gasteiger partial charge in [0.2, 0.25) is 5.82 Å². The molecule has 3 aromatic rings. The fourth-order valence-electron chi connectivity index (χ4n) is 1.80. The van der Waals surface area contributed by atoms with E-state index in [1.807, 2.05) is 0 Å². The van der Waals surface area contributed by atoms with Gasteiger partial charge in [0.25, 0.3) is 5.89 Å². The molecule has 1 heterocycles. The zero-order valence-electron chi connectivity index (χ0n) is 11.3. The Bertz CT molecular complexity index is 788. The molecule has 0 aliphatic rings. The van der Waals surface area contributed by atoms with Crippen LogP contribution in [-0.4, -0.2) is 10.1 Å². The Morgan fingerprint density at radius 3 is 2.59 bits per heavy atom. The lowest BCUT2D eigenvalue weighted by atomic mass is 10.2. The zero-order valence-corrected chi connectivity index (χ0v) is 12.8. The van der Waals surface area contributed by atoms with E-state index in [-0.39, 0.29) is 6.61 Å². The molecule has 112 valence electrons. The summed E-state index contributed by atoms with van der Waals surface area (Å²) in [5, 5.41) is 4.89. The fourth-order valence-corrected chi connectivity index (χ4v) is 2.30. The van der Waals surface area contributed by atoms with E-state index < -0.39 is 0 Å². The van der Waals surface area contributed by atoms with Crippen LogP contribution in [0.2, 0.25) is 10.0 Å². The normalized spacial score (nSPS) is 10.6.